The molecule has 2 atom stereocenters. The van der Waals surface area contributed by atoms with Crippen LogP contribution in [0.1, 0.15) is 11.3 Å². The molecule has 22 heavy (non-hydrogen) atoms. The Bertz CT molecular complexity index is 808. The van der Waals surface area contributed by atoms with E-state index in [-0.39, 0.29) is 11.8 Å². The number of hydrogen-bond donors (Lipinski definition) is 2. The molecule has 3 aliphatic rings. The largest absolute Gasteiger partial charge is 0.490 e. The van der Waals surface area contributed by atoms with Gasteiger partial charge in [0.25, 0.3) is 0 Å². The van der Waals surface area contributed by atoms with Crippen LogP contribution in [0.4, 0.5) is 0 Å². The van der Waals surface area contributed by atoms with Crippen LogP contribution < -0.4 is 0 Å². The van der Waals surface area contributed by atoms with Crippen LogP contribution in [-0.4, -0.2) is 28.4 Å². The molecule has 1 aromatic heterocycles. The van der Waals surface area contributed by atoms with Crippen LogP contribution in [-0.2, 0) is 0 Å². The normalized spacial score (nSPS) is 25.0. The summed E-state index contributed by atoms with van der Waals surface area (Å²) in [5.41, 5.74) is 3.76. The van der Waals surface area contributed by atoms with Crippen molar-refractivity contribution in [2.75, 3.05) is 0 Å². The average Bonchev–Trinajstić information content (AvgIpc) is 2.54. The van der Waals surface area contributed by atoms with E-state index in [1.807, 2.05) is 36.4 Å². The molecule has 108 valence electrons. The van der Waals surface area contributed by atoms with E-state index in [1.165, 1.54) is 0 Å². The van der Waals surface area contributed by atoms with Crippen LogP contribution >= 0.6 is 11.6 Å². The monoisotopic (exact) mass is 310 g/mol. The molecule has 2 heterocycles. The number of hydrogen-bond acceptors (Lipinski definition) is 4. The fraction of sp³-hybridized carbons (Fsp3) is 0.125. The van der Waals surface area contributed by atoms with E-state index < -0.39 is 7.12 Å². The summed E-state index contributed by atoms with van der Waals surface area (Å²) >= 11 is 6.39. The lowest BCUT2D eigenvalue weighted by atomic mass is 9.65. The number of pyridine rings is 1. The second-order valence-electron chi connectivity index (χ2n) is 5.44. The van der Waals surface area contributed by atoms with Crippen LogP contribution in [0.2, 0.25) is 0 Å². The molecule has 1 aliphatic heterocycles. The first kappa shape index (κ1) is 13.7. The van der Waals surface area contributed by atoms with Crippen molar-refractivity contribution in [3.05, 3.63) is 64.6 Å². The van der Waals surface area contributed by atoms with Crippen LogP contribution in [0, 0.1) is 11.8 Å². The van der Waals surface area contributed by atoms with Crippen molar-refractivity contribution in [1.29, 1.82) is 0 Å². The van der Waals surface area contributed by atoms with E-state index in [1.54, 1.807) is 12.4 Å². The van der Waals surface area contributed by atoms with Crippen LogP contribution in [0.5, 0.6) is 0 Å². The number of rotatable bonds is 1. The van der Waals surface area contributed by atoms with Gasteiger partial charge in [-0.15, -0.1) is 0 Å². The molecule has 4 nitrogen and oxygen atoms in total. The Morgan fingerprint density at radius 1 is 1.23 bits per heavy atom. The van der Waals surface area contributed by atoms with Crippen molar-refractivity contribution in [2.45, 2.75) is 0 Å². The van der Waals surface area contributed by atoms with Gasteiger partial charge in [-0.05, 0) is 23.8 Å². The molecule has 6 heteroatoms. The minimum absolute atomic E-state index is 0.000365. The number of fused-ring (bicyclic) bond motifs is 5. The van der Waals surface area contributed by atoms with E-state index in [0.29, 0.717) is 16.2 Å². The van der Waals surface area contributed by atoms with Crippen LogP contribution in [0.3, 0.4) is 0 Å². The highest BCUT2D eigenvalue weighted by Gasteiger charge is 2.38. The maximum atomic E-state index is 9.70. The summed E-state index contributed by atoms with van der Waals surface area (Å²) in [5, 5.41) is 20.0. The van der Waals surface area contributed by atoms with Gasteiger partial charge in [0.2, 0.25) is 0 Å². The van der Waals surface area contributed by atoms with Gasteiger partial charge >= 0.3 is 7.12 Å². The van der Waals surface area contributed by atoms with E-state index in [2.05, 4.69) is 9.98 Å². The Kier molecular flexibility index (Phi) is 3.15. The van der Waals surface area contributed by atoms with E-state index in [9.17, 15) is 10.0 Å². The quantitative estimate of drug-likeness (QED) is 0.782. The summed E-state index contributed by atoms with van der Waals surface area (Å²) in [5.74, 6) is -0.0284. The topological polar surface area (TPSA) is 65.7 Å². The van der Waals surface area contributed by atoms with Gasteiger partial charge in [-0.3, -0.25) is 9.98 Å². The number of dihydropyridines is 1. The van der Waals surface area contributed by atoms with Gasteiger partial charge in [0.15, 0.2) is 0 Å². The Morgan fingerprint density at radius 2 is 2.09 bits per heavy atom. The lowest BCUT2D eigenvalue weighted by molar-refractivity contribution is 0.426. The Labute approximate surface area is 133 Å². The summed E-state index contributed by atoms with van der Waals surface area (Å²) in [4.78, 5) is 8.68. The molecule has 0 fully saturated rings. The Balaban J connectivity index is 1.97. The summed E-state index contributed by atoms with van der Waals surface area (Å²) in [7, 11) is -1.56. The molecule has 2 unspecified atom stereocenters. The number of halogens is 1. The highest BCUT2D eigenvalue weighted by atomic mass is 35.5. The standard InChI is InChI=1S/C16H12BClN2O2/c18-14-8-12-9-3-1-5-19-15(9)13(17(21)22)7-11(12)10-4-2-6-20-16(10)14/h1-8,10-11,21-22H. The molecular weight excluding hydrogens is 298 g/mol. The van der Waals surface area contributed by atoms with Crippen molar-refractivity contribution < 1.29 is 10.0 Å². The number of allylic oxidation sites excluding steroid dienone is 6. The summed E-state index contributed by atoms with van der Waals surface area (Å²) in [6.07, 6.45) is 11.1. The molecule has 0 saturated heterocycles. The van der Waals surface area contributed by atoms with E-state index in [0.717, 1.165) is 16.8 Å². The Hall–Kier alpha value is -1.95. The molecule has 0 amide bonds. The van der Waals surface area contributed by atoms with Gasteiger partial charge in [-0.25, -0.2) is 0 Å². The third-order valence-corrected chi connectivity index (χ3v) is 4.54. The highest BCUT2D eigenvalue weighted by molar-refractivity contribution is 6.66. The summed E-state index contributed by atoms with van der Waals surface area (Å²) in [6, 6.07) is 3.77. The van der Waals surface area contributed by atoms with E-state index in [4.69, 9.17) is 11.6 Å². The van der Waals surface area contributed by atoms with Crippen LogP contribution in [0.15, 0.2) is 58.4 Å². The third kappa shape index (κ3) is 1.94. The molecule has 0 bridgehead atoms. The highest BCUT2D eigenvalue weighted by Crippen LogP contribution is 2.48. The lowest BCUT2D eigenvalue weighted by Crippen LogP contribution is -2.27. The lowest BCUT2D eigenvalue weighted by Gasteiger charge is -2.35. The molecular formula is C16H12BClN2O2. The zero-order chi connectivity index (χ0) is 15.3. The fourth-order valence-electron chi connectivity index (χ4n) is 3.28. The van der Waals surface area contributed by atoms with Crippen molar-refractivity contribution in [3.63, 3.8) is 0 Å². The minimum Gasteiger partial charge on any atom is -0.423 e. The van der Waals surface area contributed by atoms with Gasteiger partial charge in [0.1, 0.15) is 0 Å². The van der Waals surface area contributed by atoms with Gasteiger partial charge in [-0.2, -0.15) is 0 Å². The number of nitrogens with zero attached hydrogens (tertiary/aromatic N) is 2. The van der Waals surface area contributed by atoms with Crippen molar-refractivity contribution in [1.82, 2.24) is 4.98 Å². The van der Waals surface area contributed by atoms with Gasteiger partial charge in [0, 0.05) is 35.3 Å². The predicted molar refractivity (Wildman–Crippen MR) is 87.9 cm³/mol. The second-order valence-corrected chi connectivity index (χ2v) is 5.85. The summed E-state index contributed by atoms with van der Waals surface area (Å²) < 4.78 is 0. The smallest absolute Gasteiger partial charge is 0.423 e. The molecule has 4 rings (SSSR count). The number of aliphatic imine (C=N–C) groups is 1. The summed E-state index contributed by atoms with van der Waals surface area (Å²) in [6.45, 7) is 0. The first-order valence-corrected chi connectivity index (χ1v) is 7.40. The molecule has 0 saturated carbocycles. The Morgan fingerprint density at radius 3 is 2.91 bits per heavy atom. The number of aromatic nitrogens is 1. The van der Waals surface area contributed by atoms with Crippen molar-refractivity contribution in [3.8, 4) is 0 Å². The molecule has 2 aliphatic carbocycles. The van der Waals surface area contributed by atoms with Crippen LogP contribution in [0.25, 0.3) is 11.0 Å². The minimum atomic E-state index is -1.56. The third-order valence-electron chi connectivity index (χ3n) is 4.24. The van der Waals surface area contributed by atoms with Crippen molar-refractivity contribution >= 4 is 36.0 Å². The zero-order valence-corrected chi connectivity index (χ0v) is 12.3. The SMILES string of the molecule is OB(O)C1=CC2C(=CC(Cl)=C3N=CC=CC32)c2cccnc21. The average molecular weight is 311 g/mol. The van der Waals surface area contributed by atoms with Gasteiger partial charge < -0.3 is 10.0 Å². The maximum Gasteiger partial charge on any atom is 0.490 e. The van der Waals surface area contributed by atoms with E-state index >= 15 is 0 Å². The first-order chi connectivity index (χ1) is 10.7. The maximum absolute atomic E-state index is 9.70. The molecule has 2 N–H and O–H groups in total. The zero-order valence-electron chi connectivity index (χ0n) is 11.5. The fourth-order valence-corrected chi connectivity index (χ4v) is 3.57. The predicted octanol–water partition coefficient (Wildman–Crippen LogP) is 2.21. The molecule has 0 aromatic carbocycles. The molecule has 0 radical (unpaired) electrons. The second kappa shape index (κ2) is 5.05. The van der Waals surface area contributed by atoms with Crippen molar-refractivity contribution in [2.24, 2.45) is 16.8 Å². The first-order valence-electron chi connectivity index (χ1n) is 7.02. The van der Waals surface area contributed by atoms with Gasteiger partial charge in [0.05, 0.1) is 16.4 Å². The van der Waals surface area contributed by atoms with Gasteiger partial charge in [-0.1, -0.05) is 29.8 Å². The molecule has 0 spiro atoms. The molecule has 1 aromatic rings.